The zero-order valence-corrected chi connectivity index (χ0v) is 18.5. The highest BCUT2D eigenvalue weighted by Crippen LogP contribution is 2.38. The third-order valence-corrected chi connectivity index (χ3v) is 4.97. The second kappa shape index (κ2) is 10.5. The fourth-order valence-electron chi connectivity index (χ4n) is 2.79. The lowest BCUT2D eigenvalue weighted by atomic mass is 10.1. The van der Waals surface area contributed by atoms with E-state index in [1.54, 1.807) is 30.3 Å². The van der Waals surface area contributed by atoms with E-state index < -0.39 is 5.91 Å². The van der Waals surface area contributed by atoms with Crippen LogP contribution in [0.3, 0.4) is 0 Å². The van der Waals surface area contributed by atoms with Gasteiger partial charge in [-0.05, 0) is 70.0 Å². The number of anilines is 1. The normalized spacial score (nSPS) is 10.9. The van der Waals surface area contributed by atoms with Crippen LogP contribution in [0.4, 0.5) is 10.1 Å². The molecule has 0 aliphatic rings. The molecule has 0 aromatic heterocycles. The summed E-state index contributed by atoms with van der Waals surface area (Å²) in [7, 11) is 1.45. The minimum Gasteiger partial charge on any atom is -0.508 e. The van der Waals surface area contributed by atoms with Gasteiger partial charge in [0.25, 0.3) is 5.91 Å². The SMILES string of the molecule is COc1cc(/C=C(\C#N)C(=O)Nc2ccc(O)cc2)cc(Br)c1OCc1ccccc1F. The highest BCUT2D eigenvalue weighted by Gasteiger charge is 2.15. The molecular formula is C24H18BrFN2O4. The fraction of sp³-hybridized carbons (Fsp3) is 0.0833. The number of hydrogen-bond acceptors (Lipinski definition) is 5. The predicted octanol–water partition coefficient (Wildman–Crippen LogP) is 5.43. The van der Waals surface area contributed by atoms with Gasteiger partial charge < -0.3 is 19.9 Å². The van der Waals surface area contributed by atoms with Gasteiger partial charge in [0.2, 0.25) is 0 Å². The summed E-state index contributed by atoms with van der Waals surface area (Å²) in [5.74, 6) is -0.208. The monoisotopic (exact) mass is 496 g/mol. The number of nitrogens with zero attached hydrogens (tertiary/aromatic N) is 1. The van der Waals surface area contributed by atoms with Crippen molar-refractivity contribution in [2.24, 2.45) is 0 Å². The van der Waals surface area contributed by atoms with E-state index in [4.69, 9.17) is 9.47 Å². The molecule has 1 amide bonds. The molecule has 0 spiro atoms. The van der Waals surface area contributed by atoms with Crippen LogP contribution in [0, 0.1) is 17.1 Å². The molecule has 6 nitrogen and oxygen atoms in total. The van der Waals surface area contributed by atoms with Gasteiger partial charge >= 0.3 is 0 Å². The lowest BCUT2D eigenvalue weighted by molar-refractivity contribution is -0.112. The molecule has 3 aromatic rings. The minimum absolute atomic E-state index is 0.00466. The first-order chi connectivity index (χ1) is 15.4. The van der Waals surface area contributed by atoms with Crippen LogP contribution < -0.4 is 14.8 Å². The molecule has 8 heteroatoms. The highest BCUT2D eigenvalue weighted by atomic mass is 79.9. The number of aromatic hydroxyl groups is 1. The molecule has 32 heavy (non-hydrogen) atoms. The summed E-state index contributed by atoms with van der Waals surface area (Å²) < 4.78 is 25.5. The average molecular weight is 497 g/mol. The first-order valence-electron chi connectivity index (χ1n) is 9.37. The summed E-state index contributed by atoms with van der Waals surface area (Å²) in [4.78, 5) is 12.5. The van der Waals surface area contributed by atoms with Crippen LogP contribution in [0.15, 0.2) is 70.7 Å². The Morgan fingerprint density at radius 1 is 1.22 bits per heavy atom. The Kier molecular flexibility index (Phi) is 7.47. The Balaban J connectivity index is 1.82. The maximum absolute atomic E-state index is 13.9. The zero-order valence-electron chi connectivity index (χ0n) is 16.9. The Morgan fingerprint density at radius 2 is 1.94 bits per heavy atom. The van der Waals surface area contributed by atoms with Crippen LogP contribution in [-0.2, 0) is 11.4 Å². The van der Waals surface area contributed by atoms with Gasteiger partial charge in [0.05, 0.1) is 11.6 Å². The molecule has 0 atom stereocenters. The molecule has 0 saturated carbocycles. The standard InChI is InChI=1S/C24H18BrFN2O4/c1-31-22-12-15(10-17(13-27)24(30)28-18-6-8-19(29)9-7-18)11-20(25)23(22)32-14-16-4-2-3-5-21(16)26/h2-12,29H,14H2,1H3,(H,28,30)/b17-10+. The molecule has 3 aromatic carbocycles. The van der Waals surface area contributed by atoms with Crippen LogP contribution in [-0.4, -0.2) is 18.1 Å². The van der Waals surface area contributed by atoms with Crippen molar-refractivity contribution in [2.45, 2.75) is 6.61 Å². The number of phenolic OH excluding ortho intramolecular Hbond substituents is 1. The number of hydrogen-bond donors (Lipinski definition) is 2. The summed E-state index contributed by atoms with van der Waals surface area (Å²) in [5, 5.41) is 21.4. The smallest absolute Gasteiger partial charge is 0.266 e. The van der Waals surface area contributed by atoms with Gasteiger partial charge in [-0.25, -0.2) is 4.39 Å². The van der Waals surface area contributed by atoms with Crippen molar-refractivity contribution < 1.29 is 23.8 Å². The second-order valence-electron chi connectivity index (χ2n) is 6.59. The van der Waals surface area contributed by atoms with Crippen molar-refractivity contribution >= 4 is 33.6 Å². The number of carbonyl (C=O) groups is 1. The number of amides is 1. The molecule has 0 saturated heterocycles. The van der Waals surface area contributed by atoms with E-state index >= 15 is 0 Å². The van der Waals surface area contributed by atoms with Gasteiger partial charge in [-0.3, -0.25) is 4.79 Å². The third kappa shape index (κ3) is 5.65. The zero-order chi connectivity index (χ0) is 23.1. The van der Waals surface area contributed by atoms with Crippen molar-refractivity contribution in [3.63, 3.8) is 0 Å². The van der Waals surface area contributed by atoms with Crippen LogP contribution in [0.1, 0.15) is 11.1 Å². The summed E-state index contributed by atoms with van der Waals surface area (Å²) in [6.45, 7) is -0.00466. The van der Waals surface area contributed by atoms with Crippen LogP contribution in [0.2, 0.25) is 0 Å². The summed E-state index contributed by atoms with van der Waals surface area (Å²) in [6, 6.07) is 17.3. The molecule has 2 N–H and O–H groups in total. The summed E-state index contributed by atoms with van der Waals surface area (Å²) >= 11 is 3.41. The van der Waals surface area contributed by atoms with Crippen LogP contribution in [0.5, 0.6) is 17.2 Å². The third-order valence-electron chi connectivity index (χ3n) is 4.38. The van der Waals surface area contributed by atoms with E-state index in [0.29, 0.717) is 32.8 Å². The predicted molar refractivity (Wildman–Crippen MR) is 122 cm³/mol. The number of ether oxygens (including phenoxy) is 2. The molecule has 0 heterocycles. The molecule has 0 fully saturated rings. The first kappa shape index (κ1) is 22.8. The van der Waals surface area contributed by atoms with Crippen LogP contribution in [0.25, 0.3) is 6.08 Å². The van der Waals surface area contributed by atoms with Gasteiger partial charge in [0.15, 0.2) is 11.5 Å². The molecular weight excluding hydrogens is 479 g/mol. The molecule has 0 radical (unpaired) electrons. The molecule has 0 aliphatic heterocycles. The Morgan fingerprint density at radius 3 is 2.59 bits per heavy atom. The van der Waals surface area contributed by atoms with Crippen molar-refractivity contribution in [3.8, 4) is 23.3 Å². The van der Waals surface area contributed by atoms with Gasteiger partial charge in [-0.1, -0.05) is 18.2 Å². The number of methoxy groups -OCH3 is 1. The van der Waals surface area contributed by atoms with Gasteiger partial charge in [-0.2, -0.15) is 5.26 Å². The lowest BCUT2D eigenvalue weighted by Crippen LogP contribution is -2.13. The molecule has 3 rings (SSSR count). The highest BCUT2D eigenvalue weighted by molar-refractivity contribution is 9.10. The topological polar surface area (TPSA) is 91.6 Å². The van der Waals surface area contributed by atoms with Gasteiger partial charge in [0.1, 0.15) is 29.8 Å². The Labute approximate surface area is 192 Å². The molecule has 0 unspecified atom stereocenters. The van der Waals surface area contributed by atoms with E-state index in [1.165, 1.54) is 43.5 Å². The van der Waals surface area contributed by atoms with E-state index in [2.05, 4.69) is 21.2 Å². The van der Waals surface area contributed by atoms with Crippen molar-refractivity contribution in [3.05, 3.63) is 87.7 Å². The number of benzene rings is 3. The number of halogens is 2. The Hall–Kier alpha value is -3.83. The van der Waals surface area contributed by atoms with Crippen molar-refractivity contribution in [1.82, 2.24) is 0 Å². The molecule has 0 aliphatic carbocycles. The largest absolute Gasteiger partial charge is 0.508 e. The second-order valence-corrected chi connectivity index (χ2v) is 7.44. The number of carbonyl (C=O) groups excluding carboxylic acids is 1. The van der Waals surface area contributed by atoms with Gasteiger partial charge in [-0.15, -0.1) is 0 Å². The number of nitrogens with one attached hydrogen (secondary N) is 1. The quantitative estimate of drug-likeness (QED) is 0.258. The van der Waals surface area contributed by atoms with Crippen molar-refractivity contribution in [1.29, 1.82) is 5.26 Å². The minimum atomic E-state index is -0.604. The van der Waals surface area contributed by atoms with E-state index in [9.17, 15) is 19.6 Å². The van der Waals surface area contributed by atoms with E-state index in [0.717, 1.165) is 0 Å². The van der Waals surface area contributed by atoms with Crippen LogP contribution >= 0.6 is 15.9 Å². The first-order valence-corrected chi connectivity index (χ1v) is 10.2. The Bertz CT molecular complexity index is 1200. The molecule has 0 bridgehead atoms. The molecule has 162 valence electrons. The van der Waals surface area contributed by atoms with E-state index in [-0.39, 0.29) is 23.7 Å². The number of nitriles is 1. The number of phenols is 1. The van der Waals surface area contributed by atoms with E-state index in [1.807, 2.05) is 6.07 Å². The average Bonchev–Trinajstić information content (AvgIpc) is 2.78. The van der Waals surface area contributed by atoms with Crippen molar-refractivity contribution in [2.75, 3.05) is 12.4 Å². The number of rotatable bonds is 7. The summed E-state index contributed by atoms with van der Waals surface area (Å²) in [5.41, 5.74) is 1.21. The maximum atomic E-state index is 13.9. The maximum Gasteiger partial charge on any atom is 0.266 e. The summed E-state index contributed by atoms with van der Waals surface area (Å²) in [6.07, 6.45) is 1.41. The van der Waals surface area contributed by atoms with Gasteiger partial charge in [0, 0.05) is 11.3 Å². The lowest BCUT2D eigenvalue weighted by Gasteiger charge is -2.14. The fourth-order valence-corrected chi connectivity index (χ4v) is 3.36.